The summed E-state index contributed by atoms with van der Waals surface area (Å²) in [5.74, 6) is -0.193. The summed E-state index contributed by atoms with van der Waals surface area (Å²) < 4.78 is 27.6. The number of pyridine rings is 2. The van der Waals surface area contributed by atoms with Gasteiger partial charge in [-0.25, -0.2) is 13.4 Å². The third-order valence-corrected chi connectivity index (χ3v) is 5.54. The molecule has 3 rings (SSSR count). The summed E-state index contributed by atoms with van der Waals surface area (Å²) in [5, 5.41) is 0.0109. The minimum absolute atomic E-state index is 0.0109. The van der Waals surface area contributed by atoms with Gasteiger partial charge in [-0.1, -0.05) is 29.8 Å². The topological polar surface area (TPSA) is 92.3 Å². The molecule has 28 heavy (non-hydrogen) atoms. The monoisotopic (exact) mass is 416 g/mol. The number of carbonyl (C=O) groups excluding carboxylic acids is 1. The molecule has 0 unspecified atom stereocenters. The van der Waals surface area contributed by atoms with Crippen LogP contribution in [0.5, 0.6) is 0 Å². The van der Waals surface area contributed by atoms with Crippen molar-refractivity contribution in [1.29, 1.82) is 0 Å². The molecule has 0 bridgehead atoms. The van der Waals surface area contributed by atoms with Gasteiger partial charge in [0.1, 0.15) is 0 Å². The Morgan fingerprint density at radius 2 is 1.71 bits per heavy atom. The Kier molecular flexibility index (Phi) is 5.62. The van der Waals surface area contributed by atoms with E-state index in [1.54, 1.807) is 50.6 Å². The van der Waals surface area contributed by atoms with Crippen molar-refractivity contribution in [2.75, 3.05) is 18.8 Å². The molecule has 144 valence electrons. The first-order chi connectivity index (χ1) is 13.3. The largest absolute Gasteiger partial charge is 0.345 e. The molecule has 3 aromatic rings. The number of benzene rings is 1. The first-order valence-corrected chi connectivity index (χ1v) is 10.0. The van der Waals surface area contributed by atoms with Crippen LogP contribution in [0.3, 0.4) is 0 Å². The lowest BCUT2D eigenvalue weighted by atomic mass is 10.1. The van der Waals surface area contributed by atoms with E-state index in [4.69, 9.17) is 11.6 Å². The Morgan fingerprint density at radius 3 is 2.39 bits per heavy atom. The van der Waals surface area contributed by atoms with E-state index < -0.39 is 10.0 Å². The first-order valence-electron chi connectivity index (χ1n) is 8.18. The molecule has 0 saturated carbocycles. The number of aromatic nitrogens is 2. The summed E-state index contributed by atoms with van der Waals surface area (Å²) in [7, 11) is -0.522. The van der Waals surface area contributed by atoms with Crippen molar-refractivity contribution in [3.63, 3.8) is 0 Å². The molecule has 0 aliphatic carbocycles. The van der Waals surface area contributed by atoms with Crippen molar-refractivity contribution >= 4 is 33.2 Å². The molecule has 0 aliphatic heterocycles. The van der Waals surface area contributed by atoms with Crippen molar-refractivity contribution in [1.82, 2.24) is 14.9 Å². The van der Waals surface area contributed by atoms with Crippen LogP contribution >= 0.6 is 11.6 Å². The molecule has 0 saturated heterocycles. The summed E-state index contributed by atoms with van der Waals surface area (Å²) in [5.41, 5.74) is 1.71. The number of hydrogen-bond donors (Lipinski definition) is 1. The SMILES string of the molecule is CN(C)C(=O)c1cncc(-c2cnc(Cl)c(NS(=O)(=O)c3ccccc3)c2)c1. The number of carbonyl (C=O) groups is 1. The molecular formula is C19H17ClN4O3S. The van der Waals surface area contributed by atoms with Crippen LogP contribution in [-0.4, -0.2) is 43.3 Å². The van der Waals surface area contributed by atoms with Crippen molar-refractivity contribution in [2.24, 2.45) is 0 Å². The fraction of sp³-hybridized carbons (Fsp3) is 0.105. The van der Waals surface area contributed by atoms with Gasteiger partial charge in [0, 0.05) is 43.8 Å². The number of sulfonamides is 1. The van der Waals surface area contributed by atoms with Gasteiger partial charge in [-0.2, -0.15) is 0 Å². The molecule has 0 atom stereocenters. The molecule has 1 N–H and O–H groups in total. The predicted molar refractivity (Wildman–Crippen MR) is 108 cm³/mol. The third kappa shape index (κ3) is 4.29. The van der Waals surface area contributed by atoms with E-state index in [2.05, 4.69) is 14.7 Å². The minimum atomic E-state index is -3.82. The number of hydrogen-bond acceptors (Lipinski definition) is 5. The zero-order valence-electron chi connectivity index (χ0n) is 15.1. The quantitative estimate of drug-likeness (QED) is 0.644. The first kappa shape index (κ1) is 19.8. The number of nitrogens with zero attached hydrogens (tertiary/aromatic N) is 3. The predicted octanol–water partition coefficient (Wildman–Crippen LogP) is 3.30. The molecule has 0 aliphatic rings. The third-order valence-electron chi connectivity index (χ3n) is 3.86. The summed E-state index contributed by atoms with van der Waals surface area (Å²) in [4.78, 5) is 21.9. The van der Waals surface area contributed by atoms with Gasteiger partial charge in [0.15, 0.2) is 5.15 Å². The highest BCUT2D eigenvalue weighted by Gasteiger charge is 2.17. The van der Waals surface area contributed by atoms with Gasteiger partial charge in [0.05, 0.1) is 16.1 Å². The molecule has 7 nitrogen and oxygen atoms in total. The molecular weight excluding hydrogens is 400 g/mol. The number of halogens is 1. The van der Waals surface area contributed by atoms with E-state index in [-0.39, 0.29) is 21.6 Å². The second-order valence-electron chi connectivity index (χ2n) is 6.14. The van der Waals surface area contributed by atoms with Gasteiger partial charge >= 0.3 is 0 Å². The Bertz CT molecular complexity index is 1120. The Balaban J connectivity index is 1.97. The minimum Gasteiger partial charge on any atom is -0.345 e. The van der Waals surface area contributed by atoms with Gasteiger partial charge in [-0.15, -0.1) is 0 Å². The number of amides is 1. The van der Waals surface area contributed by atoms with Gasteiger partial charge in [-0.3, -0.25) is 14.5 Å². The molecule has 9 heteroatoms. The highest BCUT2D eigenvalue weighted by molar-refractivity contribution is 7.92. The standard InChI is InChI=1S/C19H17ClN4O3S/c1-24(2)19(25)15-8-13(10-21-11-15)14-9-17(18(20)22-12-14)23-28(26,27)16-6-4-3-5-7-16/h3-12,23H,1-2H3. The molecule has 0 radical (unpaired) electrons. The Labute approximate surface area is 168 Å². The average Bonchev–Trinajstić information content (AvgIpc) is 2.69. The van der Waals surface area contributed by atoms with Crippen molar-refractivity contribution in [3.8, 4) is 11.1 Å². The second-order valence-corrected chi connectivity index (χ2v) is 8.18. The van der Waals surface area contributed by atoms with Crippen LogP contribution < -0.4 is 4.72 Å². The number of anilines is 1. The average molecular weight is 417 g/mol. The van der Waals surface area contributed by atoms with E-state index in [0.717, 1.165) is 0 Å². The lowest BCUT2D eigenvalue weighted by Gasteiger charge is -2.12. The second kappa shape index (κ2) is 7.95. The van der Waals surface area contributed by atoms with Crippen LogP contribution in [0.25, 0.3) is 11.1 Å². The van der Waals surface area contributed by atoms with E-state index in [1.807, 2.05) is 0 Å². The van der Waals surface area contributed by atoms with E-state index in [9.17, 15) is 13.2 Å². The maximum absolute atomic E-state index is 12.6. The van der Waals surface area contributed by atoms with Crippen molar-refractivity contribution in [3.05, 3.63) is 71.8 Å². The van der Waals surface area contributed by atoms with Crippen LogP contribution in [-0.2, 0) is 10.0 Å². The summed E-state index contributed by atoms with van der Waals surface area (Å²) in [6, 6.07) is 11.2. The summed E-state index contributed by atoms with van der Waals surface area (Å²) >= 11 is 6.09. The molecule has 2 heterocycles. The Hall–Kier alpha value is -2.97. The molecule has 1 amide bonds. The highest BCUT2D eigenvalue weighted by Crippen LogP contribution is 2.28. The Morgan fingerprint density at radius 1 is 1.04 bits per heavy atom. The maximum Gasteiger partial charge on any atom is 0.261 e. The van der Waals surface area contributed by atoms with Crippen LogP contribution in [0, 0.1) is 0 Å². The lowest BCUT2D eigenvalue weighted by molar-refractivity contribution is 0.0827. The smallest absolute Gasteiger partial charge is 0.261 e. The zero-order chi connectivity index (χ0) is 20.3. The molecule has 2 aromatic heterocycles. The summed E-state index contributed by atoms with van der Waals surface area (Å²) in [6.45, 7) is 0. The molecule has 1 aromatic carbocycles. The van der Waals surface area contributed by atoms with Crippen molar-refractivity contribution < 1.29 is 13.2 Å². The van der Waals surface area contributed by atoms with Crippen LogP contribution in [0.15, 0.2) is 66.0 Å². The fourth-order valence-electron chi connectivity index (χ4n) is 2.45. The van der Waals surface area contributed by atoms with Crippen LogP contribution in [0.1, 0.15) is 10.4 Å². The van der Waals surface area contributed by atoms with Gasteiger partial charge in [-0.05, 0) is 24.3 Å². The zero-order valence-corrected chi connectivity index (χ0v) is 16.7. The molecule has 0 spiro atoms. The normalized spacial score (nSPS) is 11.1. The van der Waals surface area contributed by atoms with E-state index in [1.165, 1.54) is 29.4 Å². The van der Waals surface area contributed by atoms with E-state index in [0.29, 0.717) is 16.7 Å². The highest BCUT2D eigenvalue weighted by atomic mass is 35.5. The lowest BCUT2D eigenvalue weighted by Crippen LogP contribution is -2.21. The van der Waals surface area contributed by atoms with Crippen molar-refractivity contribution in [2.45, 2.75) is 4.90 Å². The molecule has 0 fully saturated rings. The number of nitrogens with one attached hydrogen (secondary N) is 1. The summed E-state index contributed by atoms with van der Waals surface area (Å²) in [6.07, 6.45) is 4.52. The maximum atomic E-state index is 12.6. The fourth-order valence-corrected chi connectivity index (χ4v) is 3.74. The number of rotatable bonds is 5. The van der Waals surface area contributed by atoms with Gasteiger partial charge < -0.3 is 4.90 Å². The van der Waals surface area contributed by atoms with Crippen LogP contribution in [0.2, 0.25) is 5.15 Å². The van der Waals surface area contributed by atoms with Crippen LogP contribution in [0.4, 0.5) is 5.69 Å². The van der Waals surface area contributed by atoms with E-state index >= 15 is 0 Å². The van der Waals surface area contributed by atoms with Gasteiger partial charge in [0.25, 0.3) is 15.9 Å². The van der Waals surface area contributed by atoms with Gasteiger partial charge in [0.2, 0.25) is 0 Å².